The second-order valence-electron chi connectivity index (χ2n) is 0. The zero-order valence-corrected chi connectivity index (χ0v) is 11.2. The minimum Gasteiger partial charge on any atom is -1.00 e. The van der Waals surface area contributed by atoms with Crippen LogP contribution in [-0.4, -0.2) is 0 Å². The predicted molar refractivity (Wildman–Crippen MR) is 37.4 cm³/mol. The predicted octanol–water partition coefficient (Wildman–Crippen LogP) is -0.777. The monoisotopic (exact) mass is 252 g/mol. The summed E-state index contributed by atoms with van der Waals surface area (Å²) in [5.41, 5.74) is 0. The smallest absolute Gasteiger partial charge is 1.00 e. The van der Waals surface area contributed by atoms with Gasteiger partial charge in [-0.3, -0.25) is 0 Å². The molecule has 0 saturated carbocycles. The van der Waals surface area contributed by atoms with E-state index in [9.17, 15) is 0 Å². The van der Waals surface area contributed by atoms with Gasteiger partial charge in [0.25, 0.3) is 0 Å². The van der Waals surface area contributed by atoms with Crippen LogP contribution in [0.1, 0.15) is 1.43 Å². The Morgan fingerprint density at radius 3 is 0.571 bits per heavy atom. The van der Waals surface area contributed by atoms with E-state index in [0.29, 0.717) is 0 Å². The van der Waals surface area contributed by atoms with Crippen LogP contribution in [0.5, 0.6) is 0 Å². The largest absolute Gasteiger partial charge is 1.00 e. The van der Waals surface area contributed by atoms with Crippen molar-refractivity contribution in [2.24, 2.45) is 0 Å². The van der Waals surface area contributed by atoms with Crippen LogP contribution in [0.15, 0.2) is 0 Å². The summed E-state index contributed by atoms with van der Waals surface area (Å²) in [7, 11) is 0. The molecule has 0 aromatic carbocycles. The summed E-state index contributed by atoms with van der Waals surface area (Å²) in [4.78, 5) is 0. The van der Waals surface area contributed by atoms with Crippen molar-refractivity contribution in [1.29, 1.82) is 0 Å². The van der Waals surface area contributed by atoms with E-state index in [4.69, 9.17) is 0 Å². The second-order valence-corrected chi connectivity index (χ2v) is 0. The summed E-state index contributed by atoms with van der Waals surface area (Å²) in [6, 6.07) is 0. The van der Waals surface area contributed by atoms with Crippen LogP contribution in [0, 0.1) is 0 Å². The Morgan fingerprint density at radius 2 is 0.571 bits per heavy atom. The topological polar surface area (TPSA) is 0 Å². The maximum atomic E-state index is 0. The molecule has 0 aromatic heterocycles. The Labute approximate surface area is 113 Å². The van der Waals surface area contributed by atoms with Crippen LogP contribution < -0.4 is 29.6 Å². The Morgan fingerprint density at radius 1 is 0.571 bits per heavy atom. The van der Waals surface area contributed by atoms with Crippen molar-refractivity contribution in [3.63, 3.8) is 0 Å². The molecule has 0 unspecified atom stereocenters. The molecule has 0 rings (SSSR count). The van der Waals surface area contributed by atoms with Gasteiger partial charge in [-0.15, -0.1) is 62.0 Å². The van der Waals surface area contributed by atoms with Gasteiger partial charge >= 0.3 is 29.6 Å². The van der Waals surface area contributed by atoms with E-state index in [1.54, 1.807) is 0 Å². The van der Waals surface area contributed by atoms with Gasteiger partial charge in [0.2, 0.25) is 0 Å². The average molecular weight is 254 g/mol. The molecule has 0 aromatic rings. The van der Waals surface area contributed by atoms with Crippen LogP contribution in [0.4, 0.5) is 0 Å². The van der Waals surface area contributed by atoms with E-state index in [1.165, 1.54) is 0 Å². The first kappa shape index (κ1) is 85.3. The van der Waals surface area contributed by atoms with E-state index >= 15 is 0 Å². The van der Waals surface area contributed by atoms with Gasteiger partial charge in [-0.25, -0.2) is 0 Å². The molecule has 7 heteroatoms. The molecule has 0 saturated heterocycles. The molecule has 0 atom stereocenters. The molecule has 0 amide bonds. The Bertz CT molecular complexity index is 12.4. The Balaban J connectivity index is 0. The first-order chi connectivity index (χ1) is 0. The number of halogens is 5. The maximum Gasteiger partial charge on any atom is 1.00 e. The van der Waals surface area contributed by atoms with Crippen molar-refractivity contribution >= 4 is 62.0 Å². The van der Waals surface area contributed by atoms with Crippen LogP contribution >= 0.6 is 62.0 Å². The number of hydrogen-bond acceptors (Lipinski definition) is 0. The normalized spacial score (nSPS) is 0. The third-order valence-corrected chi connectivity index (χ3v) is 0. The fraction of sp³-hybridized carbons (Fsp3) is 0. The first-order valence-corrected chi connectivity index (χ1v) is 0. The quantitative estimate of drug-likeness (QED) is 0.498. The number of hydrogen-bond donors (Lipinski definition) is 0. The van der Waals surface area contributed by atoms with Gasteiger partial charge in [-0.05, 0) is 0 Å². The average Bonchev–Trinajstić information content (AvgIpc) is 0. The van der Waals surface area contributed by atoms with Crippen LogP contribution in [0.25, 0.3) is 0 Å². The van der Waals surface area contributed by atoms with Gasteiger partial charge in [0, 0.05) is 21.7 Å². The van der Waals surface area contributed by atoms with Crippen LogP contribution in [0.2, 0.25) is 0 Å². The molecule has 0 aliphatic heterocycles. The van der Waals surface area contributed by atoms with Crippen molar-refractivity contribution in [2.45, 2.75) is 0 Å². The zero-order chi connectivity index (χ0) is 0. The Hall–Kier alpha value is 3.16. The summed E-state index contributed by atoms with van der Waals surface area (Å²) in [6.07, 6.45) is 0. The minimum atomic E-state index is 0. The Kier molecular flexibility index (Phi) is 743. The zero-order valence-electron chi connectivity index (χ0n) is 4.54. The molecule has 0 heterocycles. The van der Waals surface area contributed by atoms with Gasteiger partial charge in [0.1, 0.15) is 0 Å². The fourth-order valence-electron chi connectivity index (χ4n) is 0. The minimum absolute atomic E-state index is 0. The molecule has 0 spiro atoms. The van der Waals surface area contributed by atoms with Crippen LogP contribution in [0.3, 0.4) is 0 Å². The maximum absolute atomic E-state index is 0. The molecule has 0 aliphatic carbocycles. The first-order valence-electron chi connectivity index (χ1n) is 0. The molecular weight excluding hydrogens is 248 g/mol. The molecule has 46 valence electrons. The van der Waals surface area contributed by atoms with E-state index < -0.39 is 0 Å². The van der Waals surface area contributed by atoms with Gasteiger partial charge in [-0.1, -0.05) is 0 Å². The summed E-state index contributed by atoms with van der Waals surface area (Å²) < 4.78 is 0. The second kappa shape index (κ2) is 61.0. The van der Waals surface area contributed by atoms with Gasteiger partial charge in [-0.2, -0.15) is 0 Å². The van der Waals surface area contributed by atoms with Crippen molar-refractivity contribution in [1.82, 2.24) is 0 Å². The third kappa shape index (κ3) is 47.0. The van der Waals surface area contributed by atoms with Crippen molar-refractivity contribution in [3.05, 3.63) is 0 Å². The molecule has 7 heavy (non-hydrogen) atoms. The molecular formula is H6Cl5NaTi. The molecule has 0 nitrogen and oxygen atoms in total. The summed E-state index contributed by atoms with van der Waals surface area (Å²) in [5.74, 6) is 0. The van der Waals surface area contributed by atoms with Crippen molar-refractivity contribution < 1.29 is 52.7 Å². The van der Waals surface area contributed by atoms with Crippen molar-refractivity contribution in [3.8, 4) is 0 Å². The summed E-state index contributed by atoms with van der Waals surface area (Å²) in [5, 5.41) is 0. The molecule has 0 radical (unpaired) electrons. The van der Waals surface area contributed by atoms with Crippen LogP contribution in [-0.2, 0) is 21.7 Å². The summed E-state index contributed by atoms with van der Waals surface area (Å²) >= 11 is 0. The molecule has 0 bridgehead atoms. The fourth-order valence-corrected chi connectivity index (χ4v) is 0. The SMILES string of the molecule is Cl.Cl.Cl.Cl.Cl.[H-].[Na+].[Ti]. The molecule has 0 fully saturated rings. The molecule has 0 aliphatic rings. The standard InChI is InChI=1S/5ClH.Na.Ti.H/h5*1H;;;/q;;;;;+1;;-1. The third-order valence-electron chi connectivity index (χ3n) is 0. The van der Waals surface area contributed by atoms with E-state index in [-0.39, 0.29) is 115 Å². The van der Waals surface area contributed by atoms with E-state index in [0.717, 1.165) is 0 Å². The number of rotatable bonds is 0. The van der Waals surface area contributed by atoms with Gasteiger partial charge in [0.15, 0.2) is 0 Å². The van der Waals surface area contributed by atoms with E-state index in [2.05, 4.69) is 0 Å². The van der Waals surface area contributed by atoms with Gasteiger partial charge < -0.3 is 1.43 Å². The molecule has 0 N–H and O–H groups in total. The van der Waals surface area contributed by atoms with Gasteiger partial charge in [0.05, 0.1) is 0 Å². The summed E-state index contributed by atoms with van der Waals surface area (Å²) in [6.45, 7) is 0. The van der Waals surface area contributed by atoms with E-state index in [1.807, 2.05) is 0 Å². The van der Waals surface area contributed by atoms with Crippen molar-refractivity contribution in [2.75, 3.05) is 0 Å².